The number of anilines is 1. The van der Waals surface area contributed by atoms with E-state index >= 15 is 0 Å². The van der Waals surface area contributed by atoms with Crippen molar-refractivity contribution >= 4 is 21.7 Å². The van der Waals surface area contributed by atoms with Crippen LogP contribution in [0.1, 0.15) is 16.8 Å². The number of methoxy groups -OCH3 is 1. The first-order chi connectivity index (χ1) is 9.36. The van der Waals surface area contributed by atoms with Gasteiger partial charge in [0, 0.05) is 18.8 Å². The molecule has 1 aromatic carbocycles. The predicted octanol–water partition coefficient (Wildman–Crippen LogP) is -0.189. The fourth-order valence-corrected chi connectivity index (χ4v) is 3.76. The lowest BCUT2D eigenvalue weighted by molar-refractivity contribution is 0.0596. The molecule has 1 saturated heterocycles. The lowest BCUT2D eigenvalue weighted by Gasteiger charge is -2.17. The monoisotopic (exact) mass is 300 g/mol. The van der Waals surface area contributed by atoms with Gasteiger partial charge in [0.2, 0.25) is 10.0 Å². The second-order valence-electron chi connectivity index (χ2n) is 4.55. The molecule has 1 aromatic rings. The van der Waals surface area contributed by atoms with E-state index in [-0.39, 0.29) is 29.2 Å². The van der Waals surface area contributed by atoms with Crippen molar-refractivity contribution in [3.05, 3.63) is 23.8 Å². The van der Waals surface area contributed by atoms with Crippen LogP contribution in [0.15, 0.2) is 23.1 Å². The third kappa shape index (κ3) is 2.62. The highest BCUT2D eigenvalue weighted by atomic mass is 32.2. The molecule has 1 aliphatic heterocycles. The number of esters is 1. The van der Waals surface area contributed by atoms with Crippen LogP contribution in [0, 0.1) is 0 Å². The fourth-order valence-electron chi connectivity index (χ4n) is 2.11. The van der Waals surface area contributed by atoms with E-state index in [9.17, 15) is 18.3 Å². The van der Waals surface area contributed by atoms with Crippen LogP contribution in [0.5, 0.6) is 0 Å². The fraction of sp³-hybridized carbons (Fsp3) is 0.417. The van der Waals surface area contributed by atoms with E-state index in [0.29, 0.717) is 6.42 Å². The van der Waals surface area contributed by atoms with Crippen LogP contribution < -0.4 is 5.73 Å². The normalized spacial score (nSPS) is 20.0. The Kier molecular flexibility index (Phi) is 3.98. The summed E-state index contributed by atoms with van der Waals surface area (Å²) in [7, 11) is -2.69. The van der Waals surface area contributed by atoms with E-state index in [2.05, 4.69) is 4.74 Å². The SMILES string of the molecule is COC(=O)c1cc(N)ccc1S(=O)(=O)N1CCC(O)C1. The van der Waals surface area contributed by atoms with Crippen LogP contribution >= 0.6 is 0 Å². The molecule has 0 amide bonds. The molecule has 0 aliphatic carbocycles. The molecule has 1 atom stereocenters. The highest BCUT2D eigenvalue weighted by Gasteiger charge is 2.34. The number of sulfonamides is 1. The van der Waals surface area contributed by atoms with Crippen molar-refractivity contribution in [2.45, 2.75) is 17.4 Å². The molecule has 0 spiro atoms. The third-order valence-corrected chi connectivity index (χ3v) is 5.08. The Labute approximate surface area is 117 Å². The summed E-state index contributed by atoms with van der Waals surface area (Å²) in [6.07, 6.45) is -0.304. The van der Waals surface area contributed by atoms with Gasteiger partial charge >= 0.3 is 5.97 Å². The molecule has 1 unspecified atom stereocenters. The Hall–Kier alpha value is -1.64. The largest absolute Gasteiger partial charge is 0.465 e. The summed E-state index contributed by atoms with van der Waals surface area (Å²) in [5, 5.41) is 9.46. The van der Waals surface area contributed by atoms with Crippen LogP contribution in [0.3, 0.4) is 0 Å². The molecule has 0 radical (unpaired) electrons. The van der Waals surface area contributed by atoms with Gasteiger partial charge in [0.15, 0.2) is 0 Å². The minimum Gasteiger partial charge on any atom is -0.465 e. The van der Waals surface area contributed by atoms with E-state index in [1.807, 2.05) is 0 Å². The number of nitrogen functional groups attached to an aromatic ring is 1. The van der Waals surface area contributed by atoms with Gasteiger partial charge in [-0.05, 0) is 24.6 Å². The maximum absolute atomic E-state index is 12.5. The van der Waals surface area contributed by atoms with Gasteiger partial charge in [-0.15, -0.1) is 0 Å². The topological polar surface area (TPSA) is 110 Å². The van der Waals surface area contributed by atoms with Gasteiger partial charge in [-0.1, -0.05) is 0 Å². The molecule has 0 saturated carbocycles. The van der Waals surface area contributed by atoms with Gasteiger partial charge in [0.25, 0.3) is 0 Å². The number of carbonyl (C=O) groups is 1. The van der Waals surface area contributed by atoms with Crippen LogP contribution in [0.2, 0.25) is 0 Å². The molecule has 1 fully saturated rings. The van der Waals surface area contributed by atoms with E-state index in [1.54, 1.807) is 0 Å². The van der Waals surface area contributed by atoms with Crippen molar-refractivity contribution in [3.8, 4) is 0 Å². The van der Waals surface area contributed by atoms with Gasteiger partial charge in [0.05, 0.1) is 23.7 Å². The smallest absolute Gasteiger partial charge is 0.339 e. The summed E-state index contributed by atoms with van der Waals surface area (Å²) in [5.41, 5.74) is 5.75. The standard InChI is InChI=1S/C12H16N2O5S/c1-19-12(16)10-6-8(13)2-3-11(10)20(17,18)14-5-4-9(15)7-14/h2-3,6,9,15H,4-5,7,13H2,1H3. The first-order valence-electron chi connectivity index (χ1n) is 6.02. The van der Waals surface area contributed by atoms with Crippen molar-refractivity contribution in [1.29, 1.82) is 0 Å². The quantitative estimate of drug-likeness (QED) is 0.591. The van der Waals surface area contributed by atoms with Crippen molar-refractivity contribution < 1.29 is 23.1 Å². The number of rotatable bonds is 3. The number of nitrogens with two attached hydrogens (primary N) is 1. The van der Waals surface area contributed by atoms with Crippen molar-refractivity contribution in [2.24, 2.45) is 0 Å². The number of aliphatic hydroxyl groups is 1. The molecule has 0 bridgehead atoms. The molecule has 1 aliphatic rings. The molecule has 8 heteroatoms. The Balaban J connectivity index is 2.49. The first kappa shape index (κ1) is 14.8. The van der Waals surface area contributed by atoms with Gasteiger partial charge in [-0.25, -0.2) is 13.2 Å². The number of β-amino-alcohol motifs (C(OH)–C–C–N with tert-alkyl or cyclic N) is 1. The summed E-state index contributed by atoms with van der Waals surface area (Å²) in [5.74, 6) is -0.768. The maximum Gasteiger partial charge on any atom is 0.339 e. The summed E-state index contributed by atoms with van der Waals surface area (Å²) in [4.78, 5) is 11.5. The zero-order chi connectivity index (χ0) is 14.9. The van der Waals surface area contributed by atoms with Gasteiger partial charge in [-0.2, -0.15) is 4.31 Å². The van der Waals surface area contributed by atoms with E-state index in [0.717, 1.165) is 4.31 Å². The Morgan fingerprint density at radius 2 is 2.20 bits per heavy atom. The Morgan fingerprint density at radius 1 is 1.50 bits per heavy atom. The molecule has 2 rings (SSSR count). The summed E-state index contributed by atoms with van der Waals surface area (Å²) < 4.78 is 30.7. The molecular weight excluding hydrogens is 284 g/mol. The second-order valence-corrected chi connectivity index (χ2v) is 6.46. The second kappa shape index (κ2) is 5.39. The predicted molar refractivity (Wildman–Crippen MR) is 71.6 cm³/mol. The lowest BCUT2D eigenvalue weighted by Crippen LogP contribution is -2.31. The molecule has 20 heavy (non-hydrogen) atoms. The molecule has 0 aromatic heterocycles. The Morgan fingerprint density at radius 3 is 2.75 bits per heavy atom. The third-order valence-electron chi connectivity index (χ3n) is 3.15. The first-order valence-corrected chi connectivity index (χ1v) is 7.46. The summed E-state index contributed by atoms with van der Waals surface area (Å²) >= 11 is 0. The highest BCUT2D eigenvalue weighted by molar-refractivity contribution is 7.89. The number of hydrogen-bond donors (Lipinski definition) is 2. The Bertz CT molecular complexity index is 629. The minimum atomic E-state index is -3.86. The molecular formula is C12H16N2O5S. The average molecular weight is 300 g/mol. The van der Waals surface area contributed by atoms with Crippen molar-refractivity contribution in [1.82, 2.24) is 4.31 Å². The zero-order valence-corrected chi connectivity index (χ0v) is 11.8. The summed E-state index contributed by atoms with van der Waals surface area (Å²) in [6, 6.07) is 3.96. The van der Waals surface area contributed by atoms with Gasteiger partial charge in [-0.3, -0.25) is 0 Å². The van der Waals surface area contributed by atoms with E-state index in [1.165, 1.54) is 25.3 Å². The number of carbonyl (C=O) groups excluding carboxylic acids is 1. The van der Waals surface area contributed by atoms with Crippen LogP contribution in [-0.2, 0) is 14.8 Å². The van der Waals surface area contributed by atoms with Gasteiger partial charge < -0.3 is 15.6 Å². The molecule has 1 heterocycles. The number of ether oxygens (including phenoxy) is 1. The minimum absolute atomic E-state index is 0.0212. The highest BCUT2D eigenvalue weighted by Crippen LogP contribution is 2.26. The number of aliphatic hydroxyl groups excluding tert-OH is 1. The number of hydrogen-bond acceptors (Lipinski definition) is 6. The van der Waals surface area contributed by atoms with Gasteiger partial charge in [0.1, 0.15) is 0 Å². The number of benzene rings is 1. The van der Waals surface area contributed by atoms with E-state index < -0.39 is 22.1 Å². The zero-order valence-electron chi connectivity index (χ0n) is 10.9. The molecule has 7 nitrogen and oxygen atoms in total. The van der Waals surface area contributed by atoms with Crippen molar-refractivity contribution in [2.75, 3.05) is 25.9 Å². The average Bonchev–Trinajstić information content (AvgIpc) is 2.84. The number of nitrogens with zero attached hydrogens (tertiary/aromatic N) is 1. The van der Waals surface area contributed by atoms with E-state index in [4.69, 9.17) is 5.73 Å². The maximum atomic E-state index is 12.5. The van der Waals surface area contributed by atoms with Crippen LogP contribution in [0.4, 0.5) is 5.69 Å². The molecule has 110 valence electrons. The van der Waals surface area contributed by atoms with Crippen molar-refractivity contribution in [3.63, 3.8) is 0 Å². The summed E-state index contributed by atoms with van der Waals surface area (Å²) in [6.45, 7) is 0.238. The van der Waals surface area contributed by atoms with Crippen LogP contribution in [-0.4, -0.2) is 50.1 Å². The van der Waals surface area contributed by atoms with Crippen LogP contribution in [0.25, 0.3) is 0 Å². The lowest BCUT2D eigenvalue weighted by atomic mass is 10.2. The molecule has 3 N–H and O–H groups in total.